The molecule has 0 spiro atoms. The first-order valence-electron chi connectivity index (χ1n) is 8.03. The SMILES string of the molecule is COC(=O)C(C)(CCN(C)C1CCN(C)CC1)NC(C)C. The third kappa shape index (κ3) is 5.57. The molecule has 5 nitrogen and oxygen atoms in total. The van der Waals surface area contributed by atoms with Crippen LogP contribution in [0.2, 0.25) is 0 Å². The zero-order valence-electron chi connectivity index (χ0n) is 14.6. The summed E-state index contributed by atoms with van der Waals surface area (Å²) in [6.07, 6.45) is 3.18. The fourth-order valence-electron chi connectivity index (χ4n) is 3.11. The number of hydrogen-bond acceptors (Lipinski definition) is 5. The van der Waals surface area contributed by atoms with E-state index in [9.17, 15) is 4.79 Å². The molecule has 0 radical (unpaired) electrons. The van der Waals surface area contributed by atoms with Gasteiger partial charge in [0.05, 0.1) is 7.11 Å². The Kier molecular flexibility index (Phi) is 7.10. The lowest BCUT2D eigenvalue weighted by Gasteiger charge is -2.37. The van der Waals surface area contributed by atoms with E-state index in [2.05, 4.69) is 43.1 Å². The van der Waals surface area contributed by atoms with E-state index in [1.807, 2.05) is 6.92 Å². The fourth-order valence-corrected chi connectivity index (χ4v) is 3.11. The Morgan fingerprint density at radius 3 is 2.48 bits per heavy atom. The molecule has 5 heteroatoms. The van der Waals surface area contributed by atoms with E-state index in [1.165, 1.54) is 20.0 Å². The van der Waals surface area contributed by atoms with Gasteiger partial charge >= 0.3 is 5.97 Å². The van der Waals surface area contributed by atoms with Gasteiger partial charge < -0.3 is 14.5 Å². The Morgan fingerprint density at radius 2 is 2.00 bits per heavy atom. The minimum Gasteiger partial charge on any atom is -0.468 e. The van der Waals surface area contributed by atoms with Crippen LogP contribution in [0, 0.1) is 0 Å². The lowest BCUT2D eigenvalue weighted by molar-refractivity contribution is -0.148. The zero-order chi connectivity index (χ0) is 16.0. The molecule has 21 heavy (non-hydrogen) atoms. The van der Waals surface area contributed by atoms with Gasteiger partial charge in [-0.05, 0) is 67.2 Å². The van der Waals surface area contributed by atoms with Crippen LogP contribution in [0.5, 0.6) is 0 Å². The van der Waals surface area contributed by atoms with Crippen molar-refractivity contribution in [2.45, 2.75) is 57.7 Å². The number of carbonyl (C=O) groups is 1. The van der Waals surface area contributed by atoms with Crippen LogP contribution in [-0.4, -0.2) is 74.2 Å². The van der Waals surface area contributed by atoms with Gasteiger partial charge in [-0.15, -0.1) is 0 Å². The molecule has 124 valence electrons. The minimum atomic E-state index is -0.608. The van der Waals surface area contributed by atoms with Crippen molar-refractivity contribution in [3.05, 3.63) is 0 Å². The molecule has 1 aliphatic rings. The number of carbonyl (C=O) groups excluding carboxylic acids is 1. The van der Waals surface area contributed by atoms with E-state index in [0.717, 1.165) is 26.1 Å². The summed E-state index contributed by atoms with van der Waals surface area (Å²) in [6.45, 7) is 9.28. The predicted molar refractivity (Wildman–Crippen MR) is 86.5 cm³/mol. The summed E-state index contributed by atoms with van der Waals surface area (Å²) < 4.78 is 4.98. The first-order valence-corrected chi connectivity index (χ1v) is 8.03. The molecule has 1 saturated heterocycles. The molecule has 0 bridgehead atoms. The summed E-state index contributed by atoms with van der Waals surface area (Å²) in [5, 5.41) is 3.36. The quantitative estimate of drug-likeness (QED) is 0.719. The first kappa shape index (κ1) is 18.4. The molecule has 1 atom stereocenters. The third-order valence-corrected chi connectivity index (χ3v) is 4.52. The van der Waals surface area contributed by atoms with Gasteiger partial charge in [0.1, 0.15) is 5.54 Å². The van der Waals surface area contributed by atoms with Crippen molar-refractivity contribution < 1.29 is 9.53 Å². The number of likely N-dealkylation sites (tertiary alicyclic amines) is 1. The molecule has 1 rings (SSSR count). The van der Waals surface area contributed by atoms with Crippen LogP contribution in [0.3, 0.4) is 0 Å². The van der Waals surface area contributed by atoms with Crippen molar-refractivity contribution in [1.82, 2.24) is 15.1 Å². The number of esters is 1. The highest BCUT2D eigenvalue weighted by atomic mass is 16.5. The van der Waals surface area contributed by atoms with Crippen molar-refractivity contribution in [3.8, 4) is 0 Å². The maximum Gasteiger partial charge on any atom is 0.325 e. The van der Waals surface area contributed by atoms with Crippen molar-refractivity contribution >= 4 is 5.97 Å². The molecule has 0 saturated carbocycles. The normalized spacial score (nSPS) is 20.8. The van der Waals surface area contributed by atoms with E-state index in [1.54, 1.807) is 0 Å². The Labute approximate surface area is 130 Å². The van der Waals surface area contributed by atoms with Crippen molar-refractivity contribution in [2.24, 2.45) is 0 Å². The smallest absolute Gasteiger partial charge is 0.325 e. The van der Waals surface area contributed by atoms with Crippen LogP contribution < -0.4 is 5.32 Å². The fraction of sp³-hybridized carbons (Fsp3) is 0.938. The Balaban J connectivity index is 2.54. The summed E-state index contributed by atoms with van der Waals surface area (Å²) in [6, 6.07) is 0.880. The number of hydrogen-bond donors (Lipinski definition) is 1. The van der Waals surface area contributed by atoms with E-state index in [-0.39, 0.29) is 12.0 Å². The summed E-state index contributed by atoms with van der Waals surface area (Å²) in [5.74, 6) is -0.173. The molecule has 0 aromatic rings. The highest BCUT2D eigenvalue weighted by Crippen LogP contribution is 2.18. The van der Waals surface area contributed by atoms with E-state index < -0.39 is 5.54 Å². The second-order valence-corrected chi connectivity index (χ2v) is 6.89. The van der Waals surface area contributed by atoms with Crippen LogP contribution in [0.1, 0.15) is 40.0 Å². The molecule has 0 aliphatic carbocycles. The summed E-state index contributed by atoms with van der Waals surface area (Å²) >= 11 is 0. The second-order valence-electron chi connectivity index (χ2n) is 6.89. The van der Waals surface area contributed by atoms with Gasteiger partial charge in [0.2, 0.25) is 0 Å². The average molecular weight is 299 g/mol. The maximum atomic E-state index is 12.1. The highest BCUT2D eigenvalue weighted by Gasteiger charge is 2.35. The van der Waals surface area contributed by atoms with Gasteiger partial charge in [-0.3, -0.25) is 10.1 Å². The van der Waals surface area contributed by atoms with Crippen molar-refractivity contribution in [2.75, 3.05) is 40.8 Å². The summed E-state index contributed by atoms with van der Waals surface area (Å²) in [7, 11) is 5.81. The monoisotopic (exact) mass is 299 g/mol. The van der Waals surface area contributed by atoms with Gasteiger partial charge in [0.25, 0.3) is 0 Å². The summed E-state index contributed by atoms with van der Waals surface area (Å²) in [5.41, 5.74) is -0.608. The molecule has 0 aromatic carbocycles. The van der Waals surface area contributed by atoms with Crippen LogP contribution in [0.25, 0.3) is 0 Å². The Morgan fingerprint density at radius 1 is 1.43 bits per heavy atom. The first-order chi connectivity index (χ1) is 9.78. The average Bonchev–Trinajstić information content (AvgIpc) is 2.44. The van der Waals surface area contributed by atoms with Crippen LogP contribution in [-0.2, 0) is 9.53 Å². The second kappa shape index (κ2) is 8.11. The molecule has 1 aliphatic heterocycles. The van der Waals surface area contributed by atoms with E-state index in [4.69, 9.17) is 4.74 Å². The molecular weight excluding hydrogens is 266 g/mol. The van der Waals surface area contributed by atoms with Crippen molar-refractivity contribution in [1.29, 1.82) is 0 Å². The van der Waals surface area contributed by atoms with Crippen LogP contribution >= 0.6 is 0 Å². The third-order valence-electron chi connectivity index (χ3n) is 4.52. The van der Waals surface area contributed by atoms with Gasteiger partial charge in [0.15, 0.2) is 0 Å². The number of ether oxygens (including phenoxy) is 1. The molecule has 1 fully saturated rings. The molecule has 1 unspecified atom stereocenters. The number of methoxy groups -OCH3 is 1. The maximum absolute atomic E-state index is 12.1. The number of nitrogens with zero attached hydrogens (tertiary/aromatic N) is 2. The molecule has 1 N–H and O–H groups in total. The summed E-state index contributed by atoms with van der Waals surface area (Å²) in [4.78, 5) is 16.9. The van der Waals surface area contributed by atoms with Crippen LogP contribution in [0.15, 0.2) is 0 Å². The molecular formula is C16H33N3O2. The van der Waals surface area contributed by atoms with Gasteiger partial charge in [0, 0.05) is 18.6 Å². The topological polar surface area (TPSA) is 44.8 Å². The minimum absolute atomic E-state index is 0.173. The molecule has 0 aromatic heterocycles. The van der Waals surface area contributed by atoms with Crippen LogP contribution in [0.4, 0.5) is 0 Å². The van der Waals surface area contributed by atoms with Crippen molar-refractivity contribution in [3.63, 3.8) is 0 Å². The zero-order valence-corrected chi connectivity index (χ0v) is 14.6. The lowest BCUT2D eigenvalue weighted by atomic mass is 9.95. The Hall–Kier alpha value is -0.650. The van der Waals surface area contributed by atoms with Gasteiger partial charge in [-0.2, -0.15) is 0 Å². The Bertz CT molecular complexity index is 327. The van der Waals surface area contributed by atoms with Gasteiger partial charge in [-0.1, -0.05) is 0 Å². The van der Waals surface area contributed by atoms with E-state index in [0.29, 0.717) is 6.04 Å². The predicted octanol–water partition coefficient (Wildman–Crippen LogP) is 1.33. The van der Waals surface area contributed by atoms with E-state index >= 15 is 0 Å². The number of piperidine rings is 1. The largest absolute Gasteiger partial charge is 0.468 e. The lowest BCUT2D eigenvalue weighted by Crippen LogP contribution is -2.55. The molecule has 1 heterocycles. The van der Waals surface area contributed by atoms with Gasteiger partial charge in [-0.25, -0.2) is 0 Å². The standard InChI is InChI=1S/C16H33N3O2/c1-13(2)17-16(3,15(20)21-6)9-12-19(5)14-7-10-18(4)11-8-14/h13-14,17H,7-12H2,1-6H3. The highest BCUT2D eigenvalue weighted by molar-refractivity contribution is 5.80. The number of rotatable bonds is 7. The number of nitrogens with one attached hydrogen (secondary N) is 1. The molecule has 0 amide bonds.